The molecule has 2 aromatic rings. The van der Waals surface area contributed by atoms with Gasteiger partial charge in [-0.15, -0.1) is 0 Å². The highest BCUT2D eigenvalue weighted by atomic mass is 127. The predicted molar refractivity (Wildman–Crippen MR) is 78.9 cm³/mol. The second-order valence-corrected chi connectivity index (χ2v) is 5.55. The molecule has 1 heterocycles. The molecule has 1 unspecified atom stereocenters. The van der Waals surface area contributed by atoms with Crippen LogP contribution in [0.4, 0.5) is 0 Å². The van der Waals surface area contributed by atoms with Crippen LogP contribution in [0.1, 0.15) is 22.8 Å². The molecular weight excluding hydrogens is 339 g/mol. The zero-order chi connectivity index (χ0) is 12.5. The minimum absolute atomic E-state index is 0.566. The van der Waals surface area contributed by atoms with Crippen LogP contribution in [0, 0.1) is 3.57 Å². The maximum Gasteiger partial charge on any atom is 0.122 e. The molecule has 0 aromatic heterocycles. The van der Waals surface area contributed by atoms with Crippen LogP contribution in [-0.2, 0) is 6.42 Å². The van der Waals surface area contributed by atoms with Crippen molar-refractivity contribution in [2.45, 2.75) is 12.5 Å². The molecule has 3 rings (SSSR count). The van der Waals surface area contributed by atoms with E-state index in [1.807, 2.05) is 36.4 Å². The quantitative estimate of drug-likeness (QED) is 0.841. The fraction of sp³-hybridized carbons (Fsp3) is 0.200. The Bertz CT molecular complexity index is 580. The molecule has 0 bridgehead atoms. The third-order valence-electron chi connectivity index (χ3n) is 3.23. The third-order valence-corrected chi connectivity index (χ3v) is 4.21. The third kappa shape index (κ3) is 2.12. The first kappa shape index (κ1) is 12.0. The lowest BCUT2D eigenvalue weighted by Crippen LogP contribution is -2.02. The van der Waals surface area contributed by atoms with Gasteiger partial charge in [0.25, 0.3) is 0 Å². The smallest absolute Gasteiger partial charge is 0.122 e. The Morgan fingerprint density at radius 1 is 1.17 bits per heavy atom. The molecule has 1 N–H and O–H groups in total. The topological polar surface area (TPSA) is 29.5 Å². The maximum atomic E-state index is 10.5. The van der Waals surface area contributed by atoms with Crippen molar-refractivity contribution in [3.05, 3.63) is 62.7 Å². The van der Waals surface area contributed by atoms with Gasteiger partial charge in [-0.2, -0.15) is 0 Å². The standard InChI is InChI=1S/C15H13IO2/c16-13-4-2-1-3-12(13)15(17)11-5-6-14-10(9-11)7-8-18-14/h1-6,9,15,17H,7-8H2. The molecule has 0 saturated carbocycles. The molecule has 0 radical (unpaired) electrons. The van der Waals surface area contributed by atoms with Crippen LogP contribution in [0.25, 0.3) is 0 Å². The zero-order valence-corrected chi connectivity index (χ0v) is 11.9. The highest BCUT2D eigenvalue weighted by Crippen LogP contribution is 2.31. The van der Waals surface area contributed by atoms with Gasteiger partial charge in [0.2, 0.25) is 0 Å². The summed E-state index contributed by atoms with van der Waals surface area (Å²) in [6, 6.07) is 13.9. The number of halogens is 1. The van der Waals surface area contributed by atoms with Crippen LogP contribution in [0.3, 0.4) is 0 Å². The number of hydrogen-bond acceptors (Lipinski definition) is 2. The van der Waals surface area contributed by atoms with Crippen molar-refractivity contribution in [3.63, 3.8) is 0 Å². The summed E-state index contributed by atoms with van der Waals surface area (Å²) in [6.45, 7) is 0.748. The average Bonchev–Trinajstić information content (AvgIpc) is 2.85. The molecule has 2 aromatic carbocycles. The zero-order valence-electron chi connectivity index (χ0n) is 9.77. The minimum atomic E-state index is -0.566. The monoisotopic (exact) mass is 352 g/mol. The molecule has 1 atom stereocenters. The Labute approximate surface area is 120 Å². The van der Waals surface area contributed by atoms with Gasteiger partial charge in [0.05, 0.1) is 6.61 Å². The normalized spacial score (nSPS) is 15.0. The number of aliphatic hydroxyl groups is 1. The van der Waals surface area contributed by atoms with Crippen LogP contribution in [-0.4, -0.2) is 11.7 Å². The lowest BCUT2D eigenvalue weighted by atomic mass is 9.99. The summed E-state index contributed by atoms with van der Waals surface area (Å²) < 4.78 is 6.56. The van der Waals surface area contributed by atoms with Crippen LogP contribution in [0.5, 0.6) is 5.75 Å². The Kier molecular flexibility index (Phi) is 3.26. The average molecular weight is 352 g/mol. The first-order valence-electron chi connectivity index (χ1n) is 5.94. The lowest BCUT2D eigenvalue weighted by molar-refractivity contribution is 0.219. The van der Waals surface area contributed by atoms with E-state index in [2.05, 4.69) is 28.7 Å². The Hall–Kier alpha value is -1.07. The predicted octanol–water partition coefficient (Wildman–Crippen LogP) is 3.31. The van der Waals surface area contributed by atoms with Crippen LogP contribution >= 0.6 is 22.6 Å². The molecule has 0 aliphatic carbocycles. The lowest BCUT2D eigenvalue weighted by Gasteiger charge is -2.14. The number of aliphatic hydroxyl groups excluding tert-OH is 1. The van der Waals surface area contributed by atoms with Gasteiger partial charge in [-0.25, -0.2) is 0 Å². The number of fused-ring (bicyclic) bond motifs is 1. The number of benzene rings is 2. The highest BCUT2D eigenvalue weighted by Gasteiger charge is 2.17. The van der Waals surface area contributed by atoms with Crippen molar-refractivity contribution in [2.75, 3.05) is 6.61 Å². The van der Waals surface area contributed by atoms with Crippen molar-refractivity contribution in [1.82, 2.24) is 0 Å². The Balaban J connectivity index is 1.98. The van der Waals surface area contributed by atoms with Crippen molar-refractivity contribution in [1.29, 1.82) is 0 Å². The van der Waals surface area contributed by atoms with Gasteiger partial charge in [-0.1, -0.05) is 24.3 Å². The van der Waals surface area contributed by atoms with E-state index in [1.54, 1.807) is 0 Å². The van der Waals surface area contributed by atoms with E-state index >= 15 is 0 Å². The van der Waals surface area contributed by atoms with E-state index in [9.17, 15) is 5.11 Å². The summed E-state index contributed by atoms with van der Waals surface area (Å²) >= 11 is 2.25. The molecule has 0 spiro atoms. The molecule has 2 nitrogen and oxygen atoms in total. The molecule has 3 heteroatoms. The van der Waals surface area contributed by atoms with Gasteiger partial charge >= 0.3 is 0 Å². The molecule has 0 fully saturated rings. The van der Waals surface area contributed by atoms with Crippen LogP contribution in [0.15, 0.2) is 42.5 Å². The minimum Gasteiger partial charge on any atom is -0.493 e. The number of hydrogen-bond donors (Lipinski definition) is 1. The molecular formula is C15H13IO2. The largest absolute Gasteiger partial charge is 0.493 e. The fourth-order valence-corrected chi connectivity index (χ4v) is 2.94. The van der Waals surface area contributed by atoms with Crippen molar-refractivity contribution in [2.24, 2.45) is 0 Å². The van der Waals surface area contributed by atoms with E-state index in [0.717, 1.165) is 33.5 Å². The van der Waals surface area contributed by atoms with Gasteiger partial charge < -0.3 is 9.84 Å². The summed E-state index contributed by atoms with van der Waals surface area (Å²) in [5.41, 5.74) is 3.08. The van der Waals surface area contributed by atoms with Crippen molar-refractivity contribution in [3.8, 4) is 5.75 Å². The molecule has 18 heavy (non-hydrogen) atoms. The first-order chi connectivity index (χ1) is 8.75. The SMILES string of the molecule is OC(c1ccc2c(c1)CCO2)c1ccccc1I. The molecule has 92 valence electrons. The maximum absolute atomic E-state index is 10.5. The van der Waals surface area contributed by atoms with Crippen LogP contribution < -0.4 is 4.74 Å². The summed E-state index contributed by atoms with van der Waals surface area (Å²) in [6.07, 6.45) is 0.367. The second kappa shape index (κ2) is 4.90. The van der Waals surface area contributed by atoms with E-state index in [4.69, 9.17) is 4.74 Å². The van der Waals surface area contributed by atoms with Gasteiger partial charge in [0.1, 0.15) is 11.9 Å². The summed E-state index contributed by atoms with van der Waals surface area (Å²) in [7, 11) is 0. The fourth-order valence-electron chi connectivity index (χ4n) is 2.25. The summed E-state index contributed by atoms with van der Waals surface area (Å²) in [5, 5.41) is 10.5. The molecule has 0 amide bonds. The first-order valence-corrected chi connectivity index (χ1v) is 7.02. The highest BCUT2D eigenvalue weighted by molar-refractivity contribution is 14.1. The second-order valence-electron chi connectivity index (χ2n) is 4.39. The van der Waals surface area contributed by atoms with Gasteiger partial charge in [-0.3, -0.25) is 0 Å². The Morgan fingerprint density at radius 2 is 2.00 bits per heavy atom. The molecule has 1 aliphatic rings. The summed E-state index contributed by atoms with van der Waals surface area (Å²) in [5.74, 6) is 0.953. The van der Waals surface area contributed by atoms with Crippen molar-refractivity contribution < 1.29 is 9.84 Å². The molecule has 0 saturated heterocycles. The van der Waals surface area contributed by atoms with Gasteiger partial charge in [0.15, 0.2) is 0 Å². The number of ether oxygens (including phenoxy) is 1. The van der Waals surface area contributed by atoms with Crippen molar-refractivity contribution >= 4 is 22.6 Å². The van der Waals surface area contributed by atoms with E-state index in [0.29, 0.717) is 0 Å². The van der Waals surface area contributed by atoms with Gasteiger partial charge in [-0.05, 0) is 57.5 Å². The molecule has 1 aliphatic heterocycles. The van der Waals surface area contributed by atoms with Crippen LogP contribution in [0.2, 0.25) is 0 Å². The summed E-state index contributed by atoms with van der Waals surface area (Å²) in [4.78, 5) is 0. The number of rotatable bonds is 2. The van der Waals surface area contributed by atoms with E-state index < -0.39 is 6.10 Å². The Morgan fingerprint density at radius 3 is 2.83 bits per heavy atom. The van der Waals surface area contributed by atoms with E-state index in [-0.39, 0.29) is 0 Å². The van der Waals surface area contributed by atoms with E-state index in [1.165, 1.54) is 5.56 Å². The van der Waals surface area contributed by atoms with Gasteiger partial charge in [0, 0.05) is 9.99 Å².